The normalized spacial score (nSPS) is 11.7. The number of Topliss-reactive ketones (excluding diaryl/α,β-unsaturated/α-hetero) is 1. The van der Waals surface area contributed by atoms with Crippen LogP contribution in [0.25, 0.3) is 21.8 Å². The van der Waals surface area contributed by atoms with Crippen LogP contribution < -0.4 is 5.43 Å². The minimum Gasteiger partial charge on any atom is -0.335 e. The van der Waals surface area contributed by atoms with E-state index in [1.54, 1.807) is 55.6 Å². The molecule has 1 amide bonds. The summed E-state index contributed by atoms with van der Waals surface area (Å²) in [7, 11) is 0. The molecular weight excluding hydrogens is 507 g/mol. The Morgan fingerprint density at radius 1 is 0.892 bits per heavy atom. The van der Waals surface area contributed by atoms with Gasteiger partial charge in [-0.25, -0.2) is 10.4 Å². The molecule has 0 spiro atoms. The molecule has 0 aliphatic heterocycles. The first-order valence-electron chi connectivity index (χ1n) is 11.6. The second-order valence-corrected chi connectivity index (χ2v) is 9.54. The lowest BCUT2D eigenvalue weighted by Crippen LogP contribution is -2.20. The molecule has 5 rings (SSSR count). The molecule has 37 heavy (non-hydrogen) atoms. The van der Waals surface area contributed by atoms with Crippen LogP contribution in [0.2, 0.25) is 10.0 Å². The number of para-hydroxylation sites is 1. The van der Waals surface area contributed by atoms with E-state index in [0.29, 0.717) is 27.9 Å². The van der Waals surface area contributed by atoms with Crippen LogP contribution in [-0.2, 0) is 6.54 Å². The number of hydrogen-bond acceptors (Lipinski definition) is 4. The first kappa shape index (κ1) is 24.7. The standard InChI is InChI=1S/C29H22Cl2N4O2/c1-17(19-7-9-20(10-8-19)18(2)36)33-34-29(37)26-14-24-23-5-3-4-6-27(23)35(28(24)15-32-26)16-21-13-22(30)11-12-25(21)31/h3-15H,16H2,1-2H3,(H,34,37)/b33-17-. The molecule has 184 valence electrons. The van der Waals surface area contributed by atoms with Gasteiger partial charge in [-0.15, -0.1) is 0 Å². The fraction of sp³-hybridized carbons (Fsp3) is 0.103. The maximum Gasteiger partial charge on any atom is 0.289 e. The molecule has 8 heteroatoms. The van der Waals surface area contributed by atoms with Crippen LogP contribution in [0.4, 0.5) is 0 Å². The molecule has 0 saturated heterocycles. The van der Waals surface area contributed by atoms with E-state index in [1.807, 2.05) is 30.3 Å². The molecule has 0 aliphatic carbocycles. The third-order valence-corrected chi connectivity index (χ3v) is 6.87. The van der Waals surface area contributed by atoms with Crippen molar-refractivity contribution in [2.24, 2.45) is 5.10 Å². The SMILES string of the molecule is CC(=O)c1ccc(/C(C)=N\NC(=O)c2cc3c4ccccc4n(Cc4cc(Cl)ccc4Cl)c3cn2)cc1. The summed E-state index contributed by atoms with van der Waals surface area (Å²) in [5, 5.41) is 7.36. The van der Waals surface area contributed by atoms with Gasteiger partial charge in [0.25, 0.3) is 5.91 Å². The monoisotopic (exact) mass is 528 g/mol. The molecule has 3 aromatic carbocycles. The number of carbonyl (C=O) groups excluding carboxylic acids is 2. The van der Waals surface area contributed by atoms with Gasteiger partial charge in [-0.2, -0.15) is 5.10 Å². The molecule has 0 bridgehead atoms. The van der Waals surface area contributed by atoms with Crippen LogP contribution in [0.3, 0.4) is 0 Å². The summed E-state index contributed by atoms with van der Waals surface area (Å²) in [6.07, 6.45) is 1.69. The average Bonchev–Trinajstić information content (AvgIpc) is 3.22. The molecule has 0 saturated carbocycles. The lowest BCUT2D eigenvalue weighted by atomic mass is 10.1. The van der Waals surface area contributed by atoms with Crippen molar-refractivity contribution in [1.29, 1.82) is 0 Å². The van der Waals surface area contributed by atoms with Crippen molar-refractivity contribution in [2.45, 2.75) is 20.4 Å². The fourth-order valence-electron chi connectivity index (χ4n) is 4.28. The zero-order chi connectivity index (χ0) is 26.1. The minimum absolute atomic E-state index is 0.00654. The highest BCUT2D eigenvalue weighted by molar-refractivity contribution is 6.33. The maximum absolute atomic E-state index is 12.9. The quantitative estimate of drug-likeness (QED) is 0.148. The van der Waals surface area contributed by atoms with Crippen LogP contribution in [-0.4, -0.2) is 27.0 Å². The summed E-state index contributed by atoms with van der Waals surface area (Å²) in [5.74, 6) is -0.427. The van der Waals surface area contributed by atoms with Crippen LogP contribution in [0.5, 0.6) is 0 Å². The number of ketones is 1. The molecule has 5 aromatic rings. The van der Waals surface area contributed by atoms with E-state index < -0.39 is 5.91 Å². The topological polar surface area (TPSA) is 76.3 Å². The summed E-state index contributed by atoms with van der Waals surface area (Å²) in [6, 6.07) is 22.2. The van der Waals surface area contributed by atoms with Gasteiger partial charge >= 0.3 is 0 Å². The van der Waals surface area contributed by atoms with Gasteiger partial charge in [-0.05, 0) is 55.3 Å². The molecule has 6 nitrogen and oxygen atoms in total. The molecular formula is C29H22Cl2N4O2. The van der Waals surface area contributed by atoms with Crippen LogP contribution >= 0.6 is 23.2 Å². The number of pyridine rings is 1. The van der Waals surface area contributed by atoms with Crippen LogP contribution in [0.1, 0.15) is 45.8 Å². The Labute approximate surface area is 223 Å². The fourth-order valence-corrected chi connectivity index (χ4v) is 4.65. The summed E-state index contributed by atoms with van der Waals surface area (Å²) in [5.41, 5.74) is 7.63. The number of benzene rings is 3. The van der Waals surface area contributed by atoms with E-state index in [0.717, 1.165) is 32.9 Å². The largest absolute Gasteiger partial charge is 0.335 e. The third kappa shape index (κ3) is 4.99. The predicted molar refractivity (Wildman–Crippen MR) is 149 cm³/mol. The Bertz CT molecular complexity index is 1710. The van der Waals surface area contributed by atoms with E-state index in [9.17, 15) is 9.59 Å². The lowest BCUT2D eigenvalue weighted by molar-refractivity contribution is 0.0949. The van der Waals surface area contributed by atoms with Crippen molar-refractivity contribution in [1.82, 2.24) is 15.0 Å². The summed E-state index contributed by atoms with van der Waals surface area (Å²) in [4.78, 5) is 28.8. The minimum atomic E-state index is -0.420. The van der Waals surface area contributed by atoms with Gasteiger partial charge in [-0.1, -0.05) is 65.7 Å². The van der Waals surface area contributed by atoms with E-state index in [2.05, 4.69) is 20.1 Å². The Morgan fingerprint density at radius 3 is 2.38 bits per heavy atom. The van der Waals surface area contributed by atoms with Crippen molar-refractivity contribution in [3.8, 4) is 0 Å². The third-order valence-electron chi connectivity index (χ3n) is 6.26. The van der Waals surface area contributed by atoms with Gasteiger partial charge in [0.15, 0.2) is 5.78 Å². The van der Waals surface area contributed by atoms with Crippen molar-refractivity contribution < 1.29 is 9.59 Å². The van der Waals surface area contributed by atoms with E-state index >= 15 is 0 Å². The van der Waals surface area contributed by atoms with Crippen molar-refractivity contribution in [3.05, 3.63) is 111 Å². The second kappa shape index (κ2) is 10.2. The summed E-state index contributed by atoms with van der Waals surface area (Å²) in [6.45, 7) is 3.81. The molecule has 0 aliphatic rings. The van der Waals surface area contributed by atoms with E-state index in [-0.39, 0.29) is 11.5 Å². The first-order chi connectivity index (χ1) is 17.8. The Kier molecular flexibility index (Phi) is 6.78. The second-order valence-electron chi connectivity index (χ2n) is 8.70. The maximum atomic E-state index is 12.9. The predicted octanol–water partition coefficient (Wildman–Crippen LogP) is 6.90. The molecule has 0 atom stereocenters. The van der Waals surface area contributed by atoms with Gasteiger partial charge in [0.05, 0.1) is 17.4 Å². The molecule has 0 fully saturated rings. The number of nitrogens with zero attached hydrogens (tertiary/aromatic N) is 3. The van der Waals surface area contributed by atoms with Crippen molar-refractivity contribution in [3.63, 3.8) is 0 Å². The number of aromatic nitrogens is 2. The summed E-state index contributed by atoms with van der Waals surface area (Å²) < 4.78 is 2.11. The van der Waals surface area contributed by atoms with Crippen LogP contribution in [0, 0.1) is 0 Å². The molecule has 1 N–H and O–H groups in total. The number of rotatable bonds is 6. The van der Waals surface area contributed by atoms with Gasteiger partial charge < -0.3 is 4.57 Å². The number of halogens is 2. The highest BCUT2D eigenvalue weighted by Crippen LogP contribution is 2.31. The zero-order valence-corrected chi connectivity index (χ0v) is 21.6. The molecule has 2 heterocycles. The number of amides is 1. The Balaban J connectivity index is 1.46. The molecule has 0 unspecified atom stereocenters. The Hall–Kier alpha value is -4.00. The average molecular weight is 529 g/mol. The van der Waals surface area contributed by atoms with Crippen molar-refractivity contribution in [2.75, 3.05) is 0 Å². The summed E-state index contributed by atoms with van der Waals surface area (Å²) >= 11 is 12.7. The highest BCUT2D eigenvalue weighted by atomic mass is 35.5. The number of hydrogen-bond donors (Lipinski definition) is 1. The van der Waals surface area contributed by atoms with Crippen LogP contribution in [0.15, 0.2) is 84.1 Å². The van der Waals surface area contributed by atoms with E-state index in [1.165, 1.54) is 6.92 Å². The Morgan fingerprint density at radius 2 is 1.62 bits per heavy atom. The van der Waals surface area contributed by atoms with Gasteiger partial charge in [0.2, 0.25) is 0 Å². The first-order valence-corrected chi connectivity index (χ1v) is 12.3. The molecule has 0 radical (unpaired) electrons. The zero-order valence-electron chi connectivity index (χ0n) is 20.1. The van der Waals surface area contributed by atoms with Gasteiger partial charge in [-0.3, -0.25) is 9.59 Å². The number of nitrogens with one attached hydrogen (secondary N) is 1. The molecule has 2 aromatic heterocycles. The number of hydrazone groups is 1. The number of carbonyl (C=O) groups is 2. The van der Waals surface area contributed by atoms with Gasteiger partial charge in [0, 0.05) is 38.4 Å². The lowest BCUT2D eigenvalue weighted by Gasteiger charge is -2.10. The van der Waals surface area contributed by atoms with E-state index in [4.69, 9.17) is 23.2 Å². The van der Waals surface area contributed by atoms with Crippen molar-refractivity contribution >= 4 is 62.4 Å². The highest BCUT2D eigenvalue weighted by Gasteiger charge is 2.16. The smallest absolute Gasteiger partial charge is 0.289 e. The van der Waals surface area contributed by atoms with Gasteiger partial charge in [0.1, 0.15) is 5.69 Å². The number of fused-ring (bicyclic) bond motifs is 3.